The second-order valence-electron chi connectivity index (χ2n) is 4.26. The summed E-state index contributed by atoms with van der Waals surface area (Å²) in [5.41, 5.74) is 2.08. The lowest BCUT2D eigenvalue weighted by atomic mass is 10.1. The van der Waals surface area contributed by atoms with Crippen LogP contribution in [0.3, 0.4) is 0 Å². The van der Waals surface area contributed by atoms with Crippen LogP contribution in [0.2, 0.25) is 0 Å². The van der Waals surface area contributed by atoms with Gasteiger partial charge in [0.15, 0.2) is 0 Å². The number of ether oxygens (including phenoxy) is 1. The summed E-state index contributed by atoms with van der Waals surface area (Å²) in [6.45, 7) is 8.25. The maximum atomic E-state index is 11.7. The topological polar surface area (TPSA) is 31.2 Å². The Bertz CT molecular complexity index is 610. The van der Waals surface area contributed by atoms with Crippen LogP contribution < -0.4 is 0 Å². The number of fused-ring (bicyclic) bond motifs is 1. The molecule has 19 heavy (non-hydrogen) atoms. The highest BCUT2D eigenvalue weighted by Crippen LogP contribution is 2.22. The molecule has 1 aromatic carbocycles. The van der Waals surface area contributed by atoms with E-state index in [9.17, 15) is 4.79 Å². The predicted molar refractivity (Wildman–Crippen MR) is 77.0 cm³/mol. The molecule has 1 aromatic heterocycles. The Hall–Kier alpha value is -2.29. The molecule has 0 saturated carbocycles. The van der Waals surface area contributed by atoms with Crippen molar-refractivity contribution in [2.24, 2.45) is 0 Å². The molecule has 3 nitrogen and oxygen atoms in total. The molecule has 0 aliphatic rings. The summed E-state index contributed by atoms with van der Waals surface area (Å²) in [6.07, 6.45) is 5.67. The van der Waals surface area contributed by atoms with Crippen molar-refractivity contribution in [3.63, 3.8) is 0 Å². The maximum absolute atomic E-state index is 11.7. The van der Waals surface area contributed by atoms with Crippen molar-refractivity contribution in [1.82, 2.24) is 4.57 Å². The van der Waals surface area contributed by atoms with Gasteiger partial charge in [-0.3, -0.25) is 4.79 Å². The third-order valence-corrected chi connectivity index (χ3v) is 2.89. The van der Waals surface area contributed by atoms with Crippen molar-refractivity contribution in [2.45, 2.75) is 13.0 Å². The molecule has 98 valence electrons. The summed E-state index contributed by atoms with van der Waals surface area (Å²) in [5, 5.41) is 1.08. The van der Waals surface area contributed by atoms with Gasteiger partial charge in [0.1, 0.15) is 6.61 Å². The number of rotatable bonds is 6. The second-order valence-corrected chi connectivity index (χ2v) is 4.26. The average Bonchev–Trinajstić information content (AvgIpc) is 2.76. The standard InChI is InChI=1S/C16H17NO2/c1-3-9-17-12-13(11-16(18)19-10-4-2)14-7-5-6-8-15(14)17/h3-8,12H,1-2,9-11H2. The Morgan fingerprint density at radius 1 is 1.26 bits per heavy atom. The predicted octanol–water partition coefficient (Wildman–Crippen LogP) is 3.10. The summed E-state index contributed by atoms with van der Waals surface area (Å²) in [4.78, 5) is 11.7. The maximum Gasteiger partial charge on any atom is 0.310 e. The molecule has 0 spiro atoms. The van der Waals surface area contributed by atoms with Crippen molar-refractivity contribution < 1.29 is 9.53 Å². The molecule has 0 radical (unpaired) electrons. The number of para-hydroxylation sites is 1. The number of aromatic nitrogens is 1. The number of benzene rings is 1. The Morgan fingerprint density at radius 2 is 2.05 bits per heavy atom. The van der Waals surface area contributed by atoms with Gasteiger partial charge >= 0.3 is 5.97 Å². The lowest BCUT2D eigenvalue weighted by Gasteiger charge is -2.00. The van der Waals surface area contributed by atoms with Gasteiger partial charge in [-0.2, -0.15) is 0 Å². The summed E-state index contributed by atoms with van der Waals surface area (Å²) >= 11 is 0. The molecule has 2 aromatic rings. The first kappa shape index (κ1) is 13.1. The van der Waals surface area contributed by atoms with Crippen LogP contribution in [0.15, 0.2) is 55.8 Å². The van der Waals surface area contributed by atoms with E-state index in [0.29, 0.717) is 0 Å². The van der Waals surface area contributed by atoms with Gasteiger partial charge in [-0.25, -0.2) is 0 Å². The highest BCUT2D eigenvalue weighted by atomic mass is 16.5. The molecule has 3 heteroatoms. The first-order valence-corrected chi connectivity index (χ1v) is 6.20. The van der Waals surface area contributed by atoms with Crippen molar-refractivity contribution in [3.8, 4) is 0 Å². The Labute approximate surface area is 112 Å². The molecule has 2 rings (SSSR count). The zero-order chi connectivity index (χ0) is 13.7. The van der Waals surface area contributed by atoms with E-state index in [1.807, 2.05) is 36.5 Å². The van der Waals surface area contributed by atoms with Crippen molar-refractivity contribution in [2.75, 3.05) is 6.61 Å². The van der Waals surface area contributed by atoms with Gasteiger partial charge in [-0.1, -0.05) is 36.9 Å². The molecular formula is C16H17NO2. The minimum absolute atomic E-state index is 0.235. The first-order valence-electron chi connectivity index (χ1n) is 6.20. The number of nitrogens with zero attached hydrogens (tertiary/aromatic N) is 1. The number of hydrogen-bond donors (Lipinski definition) is 0. The zero-order valence-electron chi connectivity index (χ0n) is 10.8. The summed E-state index contributed by atoms with van der Waals surface area (Å²) < 4.78 is 7.11. The molecular weight excluding hydrogens is 238 g/mol. The Balaban J connectivity index is 2.29. The third-order valence-electron chi connectivity index (χ3n) is 2.89. The fourth-order valence-electron chi connectivity index (χ4n) is 2.11. The van der Waals surface area contributed by atoms with Gasteiger partial charge in [-0.05, 0) is 11.6 Å². The fraction of sp³-hybridized carbons (Fsp3) is 0.188. The van der Waals surface area contributed by atoms with Gasteiger partial charge < -0.3 is 9.30 Å². The Kier molecular flexibility index (Phi) is 4.18. The lowest BCUT2D eigenvalue weighted by molar-refractivity contribution is -0.141. The molecule has 0 bridgehead atoms. The smallest absolute Gasteiger partial charge is 0.310 e. The first-order chi connectivity index (χ1) is 9.26. The van der Waals surface area contributed by atoms with Crippen molar-refractivity contribution >= 4 is 16.9 Å². The van der Waals surface area contributed by atoms with Crippen LogP contribution in [-0.2, 0) is 22.5 Å². The van der Waals surface area contributed by atoms with Crippen LogP contribution in [0.25, 0.3) is 10.9 Å². The number of carbonyl (C=O) groups excluding carboxylic acids is 1. The van der Waals surface area contributed by atoms with Crippen LogP contribution in [0, 0.1) is 0 Å². The van der Waals surface area contributed by atoms with Crippen molar-refractivity contribution in [1.29, 1.82) is 0 Å². The van der Waals surface area contributed by atoms with Crippen LogP contribution in [0.4, 0.5) is 0 Å². The summed E-state index contributed by atoms with van der Waals surface area (Å²) in [6, 6.07) is 8.02. The van der Waals surface area contributed by atoms with Crippen LogP contribution in [0.1, 0.15) is 5.56 Å². The zero-order valence-corrected chi connectivity index (χ0v) is 10.8. The monoisotopic (exact) mass is 255 g/mol. The lowest BCUT2D eigenvalue weighted by Crippen LogP contribution is -2.07. The number of carbonyl (C=O) groups is 1. The van der Waals surface area contributed by atoms with E-state index >= 15 is 0 Å². The molecule has 0 amide bonds. The Morgan fingerprint density at radius 3 is 2.79 bits per heavy atom. The fourth-order valence-corrected chi connectivity index (χ4v) is 2.11. The minimum atomic E-state index is -0.235. The van der Waals surface area contributed by atoms with Crippen LogP contribution in [0.5, 0.6) is 0 Å². The summed E-state index contributed by atoms with van der Waals surface area (Å²) in [5.74, 6) is -0.235. The van der Waals surface area contributed by atoms with Gasteiger partial charge in [-0.15, -0.1) is 6.58 Å². The number of esters is 1. The SMILES string of the molecule is C=CCOC(=O)Cc1cn(CC=C)c2ccccc12. The third kappa shape index (κ3) is 2.94. The van der Waals surface area contributed by atoms with Crippen LogP contribution in [-0.4, -0.2) is 17.1 Å². The van der Waals surface area contributed by atoms with E-state index in [4.69, 9.17) is 4.74 Å². The average molecular weight is 255 g/mol. The van der Waals surface area contributed by atoms with Gasteiger partial charge in [0.2, 0.25) is 0 Å². The van der Waals surface area contributed by atoms with E-state index in [-0.39, 0.29) is 19.0 Å². The molecule has 1 heterocycles. The van der Waals surface area contributed by atoms with Gasteiger partial charge in [0, 0.05) is 23.6 Å². The molecule has 0 fully saturated rings. The summed E-state index contributed by atoms with van der Waals surface area (Å²) in [7, 11) is 0. The second kappa shape index (κ2) is 6.05. The molecule has 0 aliphatic heterocycles. The highest BCUT2D eigenvalue weighted by molar-refractivity contribution is 5.88. The van der Waals surface area contributed by atoms with Gasteiger partial charge in [0.05, 0.1) is 6.42 Å². The quantitative estimate of drug-likeness (QED) is 0.586. The van der Waals surface area contributed by atoms with E-state index in [2.05, 4.69) is 17.7 Å². The number of allylic oxidation sites excluding steroid dienone is 1. The van der Waals surface area contributed by atoms with E-state index < -0.39 is 0 Å². The van der Waals surface area contributed by atoms with E-state index in [0.717, 1.165) is 23.0 Å². The number of hydrogen-bond acceptors (Lipinski definition) is 2. The van der Waals surface area contributed by atoms with E-state index in [1.54, 1.807) is 6.08 Å². The van der Waals surface area contributed by atoms with E-state index in [1.165, 1.54) is 0 Å². The molecule has 0 aliphatic carbocycles. The minimum Gasteiger partial charge on any atom is -0.461 e. The van der Waals surface area contributed by atoms with Crippen LogP contribution >= 0.6 is 0 Å². The normalized spacial score (nSPS) is 10.3. The highest BCUT2D eigenvalue weighted by Gasteiger charge is 2.11. The molecule has 0 N–H and O–H groups in total. The largest absolute Gasteiger partial charge is 0.461 e. The molecule has 0 saturated heterocycles. The van der Waals surface area contributed by atoms with Gasteiger partial charge in [0.25, 0.3) is 0 Å². The molecule has 0 unspecified atom stereocenters. The molecule has 0 atom stereocenters. The van der Waals surface area contributed by atoms with Crippen molar-refractivity contribution in [3.05, 3.63) is 61.3 Å².